The second kappa shape index (κ2) is 12.4. The number of halogens is 1. The smallest absolute Gasteiger partial charge is 0.256 e. The zero-order chi connectivity index (χ0) is 27.1. The van der Waals surface area contributed by atoms with Crippen LogP contribution in [0.2, 0.25) is 0 Å². The van der Waals surface area contributed by atoms with Crippen molar-refractivity contribution in [1.82, 2.24) is 9.80 Å². The molecule has 0 bridgehead atoms. The van der Waals surface area contributed by atoms with E-state index >= 15 is 0 Å². The molecule has 0 spiro atoms. The van der Waals surface area contributed by atoms with Gasteiger partial charge in [0.25, 0.3) is 11.8 Å². The number of benzene rings is 3. The first-order chi connectivity index (χ1) is 18.4. The van der Waals surface area contributed by atoms with Gasteiger partial charge in [0.2, 0.25) is 5.91 Å². The van der Waals surface area contributed by atoms with Gasteiger partial charge in [-0.1, -0.05) is 43.3 Å². The van der Waals surface area contributed by atoms with E-state index in [2.05, 4.69) is 10.2 Å². The van der Waals surface area contributed by atoms with Gasteiger partial charge in [-0.05, 0) is 48.4 Å². The summed E-state index contributed by atoms with van der Waals surface area (Å²) < 4.78 is 13.7. The van der Waals surface area contributed by atoms with Gasteiger partial charge in [-0.15, -0.1) is 0 Å². The van der Waals surface area contributed by atoms with E-state index < -0.39 is 5.82 Å². The summed E-state index contributed by atoms with van der Waals surface area (Å²) in [6.45, 7) is 4.36. The van der Waals surface area contributed by atoms with Gasteiger partial charge in [0.05, 0.1) is 5.56 Å². The average Bonchev–Trinajstić information content (AvgIpc) is 3.19. The fourth-order valence-electron chi connectivity index (χ4n) is 4.61. The van der Waals surface area contributed by atoms with E-state index in [1.165, 1.54) is 18.2 Å². The lowest BCUT2D eigenvalue weighted by Gasteiger charge is -2.28. The molecular weight excluding hydrogens is 483 g/mol. The number of nitrogens with zero attached hydrogens (tertiary/aromatic N) is 3. The van der Waals surface area contributed by atoms with Gasteiger partial charge < -0.3 is 20.0 Å². The van der Waals surface area contributed by atoms with Crippen LogP contribution in [0.15, 0.2) is 72.8 Å². The zero-order valence-corrected chi connectivity index (χ0v) is 21.8. The van der Waals surface area contributed by atoms with E-state index in [9.17, 15) is 18.8 Å². The summed E-state index contributed by atoms with van der Waals surface area (Å²) in [6.07, 6.45) is 1.03. The molecule has 1 aliphatic rings. The number of carbonyl (C=O) groups excluding carboxylic acids is 3. The Morgan fingerprint density at radius 3 is 2.45 bits per heavy atom. The van der Waals surface area contributed by atoms with Crippen LogP contribution in [0.25, 0.3) is 0 Å². The third-order valence-corrected chi connectivity index (χ3v) is 6.64. The highest BCUT2D eigenvalue weighted by atomic mass is 19.1. The largest absolute Gasteiger partial charge is 0.369 e. The van der Waals surface area contributed by atoms with Crippen molar-refractivity contribution in [3.8, 4) is 0 Å². The molecule has 0 atom stereocenters. The van der Waals surface area contributed by atoms with Gasteiger partial charge in [0.15, 0.2) is 0 Å². The molecule has 3 amide bonds. The van der Waals surface area contributed by atoms with Gasteiger partial charge in [-0.25, -0.2) is 4.39 Å². The molecule has 1 saturated heterocycles. The van der Waals surface area contributed by atoms with Crippen LogP contribution in [-0.2, 0) is 11.3 Å². The lowest BCUT2D eigenvalue weighted by molar-refractivity contribution is -0.115. The lowest BCUT2D eigenvalue weighted by atomic mass is 10.1. The van der Waals surface area contributed by atoms with E-state index in [-0.39, 0.29) is 17.7 Å². The minimum atomic E-state index is -0.440. The fourth-order valence-corrected chi connectivity index (χ4v) is 4.61. The summed E-state index contributed by atoms with van der Waals surface area (Å²) in [5.74, 6) is -0.934. The highest BCUT2D eigenvalue weighted by Gasteiger charge is 2.25. The maximum atomic E-state index is 13.7. The van der Waals surface area contributed by atoms with Crippen molar-refractivity contribution in [2.24, 2.45) is 0 Å². The van der Waals surface area contributed by atoms with Crippen molar-refractivity contribution >= 4 is 29.1 Å². The number of rotatable bonds is 7. The number of hydrogen-bond donors (Lipinski definition) is 1. The zero-order valence-electron chi connectivity index (χ0n) is 21.8. The molecule has 198 valence electrons. The van der Waals surface area contributed by atoms with Gasteiger partial charge in [-0.3, -0.25) is 14.4 Å². The summed E-state index contributed by atoms with van der Waals surface area (Å²) in [5.41, 5.74) is 3.15. The van der Waals surface area contributed by atoms with Crippen LogP contribution in [0.4, 0.5) is 15.8 Å². The first kappa shape index (κ1) is 26.9. The van der Waals surface area contributed by atoms with Crippen LogP contribution < -0.4 is 10.2 Å². The normalized spacial score (nSPS) is 13.6. The predicted molar refractivity (Wildman–Crippen MR) is 147 cm³/mol. The standard InChI is InChI=1S/C30H33FN4O3/c1-3-28(36)32-25-13-14-27(26(20-25)30(38)33(2)21-22-9-5-4-6-10-22)34-15-8-16-35(18-17-34)29(37)23-11-7-12-24(31)19-23/h4-7,9-14,19-20H,3,8,15-18,21H2,1-2H3,(H,32,36). The highest BCUT2D eigenvalue weighted by Crippen LogP contribution is 2.28. The van der Waals surface area contributed by atoms with E-state index in [0.29, 0.717) is 62.4 Å². The molecule has 0 aliphatic carbocycles. The van der Waals surface area contributed by atoms with Crippen LogP contribution >= 0.6 is 0 Å². The number of carbonyl (C=O) groups is 3. The molecule has 4 rings (SSSR count). The third-order valence-electron chi connectivity index (χ3n) is 6.64. The van der Waals surface area contributed by atoms with E-state index in [1.807, 2.05) is 36.4 Å². The fraction of sp³-hybridized carbons (Fsp3) is 0.300. The molecule has 1 N–H and O–H groups in total. The van der Waals surface area contributed by atoms with E-state index in [0.717, 1.165) is 11.3 Å². The van der Waals surface area contributed by atoms with Crippen molar-refractivity contribution in [1.29, 1.82) is 0 Å². The maximum absolute atomic E-state index is 13.7. The summed E-state index contributed by atoms with van der Waals surface area (Å²) in [5, 5.41) is 2.85. The number of amides is 3. The Hall–Kier alpha value is -4.20. The Labute approximate surface area is 222 Å². The monoisotopic (exact) mass is 516 g/mol. The second-order valence-corrected chi connectivity index (χ2v) is 9.42. The summed E-state index contributed by atoms with van der Waals surface area (Å²) in [6, 6.07) is 20.9. The SMILES string of the molecule is CCC(=O)Nc1ccc(N2CCCN(C(=O)c3cccc(F)c3)CC2)c(C(=O)N(C)Cc2ccccc2)c1. The first-order valence-corrected chi connectivity index (χ1v) is 12.9. The Morgan fingerprint density at radius 2 is 1.71 bits per heavy atom. The van der Waals surface area contributed by atoms with Crippen LogP contribution in [0.1, 0.15) is 46.0 Å². The quantitative estimate of drug-likeness (QED) is 0.490. The molecule has 1 heterocycles. The Balaban J connectivity index is 1.57. The van der Waals surface area contributed by atoms with Gasteiger partial charge in [-0.2, -0.15) is 0 Å². The van der Waals surface area contributed by atoms with Crippen molar-refractivity contribution in [3.05, 3.63) is 95.3 Å². The number of hydrogen-bond acceptors (Lipinski definition) is 4. The summed E-state index contributed by atoms with van der Waals surface area (Å²) in [7, 11) is 1.76. The molecule has 0 aromatic heterocycles. The van der Waals surface area contributed by atoms with Crippen molar-refractivity contribution in [3.63, 3.8) is 0 Å². The van der Waals surface area contributed by atoms with E-state index in [4.69, 9.17) is 0 Å². The number of anilines is 2. The van der Waals surface area contributed by atoms with Crippen molar-refractivity contribution < 1.29 is 18.8 Å². The first-order valence-electron chi connectivity index (χ1n) is 12.9. The Morgan fingerprint density at radius 1 is 0.921 bits per heavy atom. The second-order valence-electron chi connectivity index (χ2n) is 9.42. The van der Waals surface area contributed by atoms with Gasteiger partial charge in [0.1, 0.15) is 5.82 Å². The molecule has 1 aliphatic heterocycles. The molecule has 3 aromatic rings. The summed E-state index contributed by atoms with van der Waals surface area (Å²) in [4.78, 5) is 44.2. The molecule has 0 unspecified atom stereocenters. The summed E-state index contributed by atoms with van der Waals surface area (Å²) >= 11 is 0. The topological polar surface area (TPSA) is 73.0 Å². The molecule has 8 heteroatoms. The minimum absolute atomic E-state index is 0.130. The lowest BCUT2D eigenvalue weighted by Crippen LogP contribution is -2.36. The molecule has 3 aromatic carbocycles. The van der Waals surface area contributed by atoms with Crippen molar-refractivity contribution in [2.45, 2.75) is 26.3 Å². The third kappa shape index (κ3) is 6.56. The maximum Gasteiger partial charge on any atom is 0.256 e. The van der Waals surface area contributed by atoms with Crippen LogP contribution in [-0.4, -0.2) is 60.7 Å². The van der Waals surface area contributed by atoms with Crippen LogP contribution in [0.5, 0.6) is 0 Å². The molecule has 0 saturated carbocycles. The molecule has 1 fully saturated rings. The molecule has 7 nitrogen and oxygen atoms in total. The Bertz CT molecular complexity index is 1300. The highest BCUT2D eigenvalue weighted by molar-refractivity contribution is 6.02. The van der Waals surface area contributed by atoms with Gasteiger partial charge >= 0.3 is 0 Å². The molecule has 38 heavy (non-hydrogen) atoms. The van der Waals surface area contributed by atoms with Crippen LogP contribution in [0.3, 0.4) is 0 Å². The Kier molecular flexibility index (Phi) is 8.73. The van der Waals surface area contributed by atoms with E-state index in [1.54, 1.807) is 42.0 Å². The van der Waals surface area contributed by atoms with Gasteiger partial charge in [0, 0.05) is 63.1 Å². The van der Waals surface area contributed by atoms with Crippen molar-refractivity contribution in [2.75, 3.05) is 43.4 Å². The van der Waals surface area contributed by atoms with Crippen LogP contribution in [0, 0.1) is 5.82 Å². The minimum Gasteiger partial charge on any atom is -0.369 e. The number of nitrogens with one attached hydrogen (secondary N) is 1. The molecule has 0 radical (unpaired) electrons. The average molecular weight is 517 g/mol. The molecular formula is C30H33FN4O3. The predicted octanol–water partition coefficient (Wildman–Crippen LogP) is 4.80.